The third-order valence-electron chi connectivity index (χ3n) is 4.26. The van der Waals surface area contributed by atoms with Gasteiger partial charge in [-0.1, -0.05) is 66.7 Å². The third kappa shape index (κ3) is 1.69. The third-order valence-corrected chi connectivity index (χ3v) is 4.26. The van der Waals surface area contributed by atoms with Crippen LogP contribution in [0.3, 0.4) is 0 Å². The van der Waals surface area contributed by atoms with Crippen molar-refractivity contribution in [3.63, 3.8) is 0 Å². The normalized spacial score (nSPS) is 13.3. The molecule has 1 aliphatic rings. The van der Waals surface area contributed by atoms with Crippen molar-refractivity contribution in [1.29, 1.82) is 0 Å². The Morgan fingerprint density at radius 3 is 2.50 bits per heavy atom. The molecule has 0 aromatic heterocycles. The molecular weight excluding hydrogens is 240 g/mol. The van der Waals surface area contributed by atoms with Crippen LogP contribution in [0.4, 0.5) is 0 Å². The summed E-state index contributed by atoms with van der Waals surface area (Å²) in [6, 6.07) is 21.8. The first-order chi connectivity index (χ1) is 9.83. The molecule has 0 heteroatoms. The van der Waals surface area contributed by atoms with Crippen LogP contribution in [0, 0.1) is 6.92 Å². The fourth-order valence-corrected chi connectivity index (χ4v) is 3.22. The quantitative estimate of drug-likeness (QED) is 0.558. The predicted molar refractivity (Wildman–Crippen MR) is 86.7 cm³/mol. The number of benzene rings is 3. The Labute approximate surface area is 119 Å². The van der Waals surface area contributed by atoms with E-state index < -0.39 is 0 Å². The van der Waals surface area contributed by atoms with E-state index in [-0.39, 0.29) is 0 Å². The molecular formula is C20H16. The van der Waals surface area contributed by atoms with Gasteiger partial charge in [-0.05, 0) is 51.9 Å². The molecule has 3 aromatic carbocycles. The number of hydrogen-bond acceptors (Lipinski definition) is 0. The van der Waals surface area contributed by atoms with Crippen LogP contribution in [-0.4, -0.2) is 0 Å². The minimum Gasteiger partial charge on any atom is -0.0620 e. The maximum atomic E-state index is 2.35. The van der Waals surface area contributed by atoms with E-state index in [2.05, 4.69) is 73.7 Å². The van der Waals surface area contributed by atoms with Crippen molar-refractivity contribution in [3.8, 4) is 0 Å². The van der Waals surface area contributed by atoms with Gasteiger partial charge in [0.1, 0.15) is 0 Å². The number of fused-ring (bicyclic) bond motifs is 3. The molecule has 3 aromatic rings. The van der Waals surface area contributed by atoms with E-state index in [1.165, 1.54) is 38.6 Å². The lowest BCUT2D eigenvalue weighted by Gasteiger charge is -2.07. The van der Waals surface area contributed by atoms with Crippen LogP contribution in [0.1, 0.15) is 22.3 Å². The average Bonchev–Trinajstić information content (AvgIpc) is 2.92. The molecule has 96 valence electrons. The Bertz CT molecular complexity index is 838. The molecule has 0 unspecified atom stereocenters. The Balaban J connectivity index is 1.86. The summed E-state index contributed by atoms with van der Waals surface area (Å²) in [5.41, 5.74) is 7.03. The number of rotatable bonds is 1. The molecule has 1 aliphatic carbocycles. The molecule has 0 radical (unpaired) electrons. The molecule has 0 N–H and O–H groups in total. The fraction of sp³-hybridized carbons (Fsp3) is 0.100. The number of allylic oxidation sites excluding steroid dienone is 1. The van der Waals surface area contributed by atoms with E-state index in [1.807, 2.05) is 0 Å². The molecule has 0 saturated heterocycles. The second kappa shape index (κ2) is 4.35. The summed E-state index contributed by atoms with van der Waals surface area (Å²) in [6.45, 7) is 2.19. The van der Waals surface area contributed by atoms with Gasteiger partial charge in [0.15, 0.2) is 0 Å². The van der Waals surface area contributed by atoms with Crippen molar-refractivity contribution in [2.24, 2.45) is 0 Å². The van der Waals surface area contributed by atoms with Gasteiger partial charge in [-0.2, -0.15) is 0 Å². The van der Waals surface area contributed by atoms with Crippen LogP contribution in [0.15, 0.2) is 60.7 Å². The van der Waals surface area contributed by atoms with E-state index in [0.717, 1.165) is 6.42 Å². The molecule has 4 rings (SSSR count). The summed E-state index contributed by atoms with van der Waals surface area (Å²) in [5, 5.41) is 2.73. The zero-order chi connectivity index (χ0) is 13.5. The molecule has 0 nitrogen and oxygen atoms in total. The Morgan fingerprint density at radius 2 is 1.60 bits per heavy atom. The zero-order valence-electron chi connectivity index (χ0n) is 11.6. The highest BCUT2D eigenvalue weighted by Crippen LogP contribution is 2.36. The van der Waals surface area contributed by atoms with Crippen LogP contribution in [0.25, 0.3) is 22.4 Å². The van der Waals surface area contributed by atoms with Gasteiger partial charge in [-0.15, -0.1) is 0 Å². The molecule has 0 heterocycles. The summed E-state index contributed by atoms with van der Waals surface area (Å²) in [6.07, 6.45) is 3.39. The maximum absolute atomic E-state index is 2.35. The van der Waals surface area contributed by atoms with E-state index in [1.54, 1.807) is 0 Å². The van der Waals surface area contributed by atoms with Gasteiger partial charge >= 0.3 is 0 Å². The second-order valence-corrected chi connectivity index (χ2v) is 5.52. The van der Waals surface area contributed by atoms with Crippen LogP contribution in [0.5, 0.6) is 0 Å². The Kier molecular flexibility index (Phi) is 2.50. The van der Waals surface area contributed by atoms with Gasteiger partial charge in [-0.3, -0.25) is 0 Å². The molecule has 0 spiro atoms. The van der Waals surface area contributed by atoms with Crippen molar-refractivity contribution >= 4 is 22.4 Å². The van der Waals surface area contributed by atoms with Crippen molar-refractivity contribution in [2.45, 2.75) is 13.3 Å². The largest absolute Gasteiger partial charge is 0.0620 e. The smallest absolute Gasteiger partial charge is 0.000741 e. The molecule has 0 bridgehead atoms. The first-order valence-corrected chi connectivity index (χ1v) is 7.10. The standard InChI is InChI=1S/C20H16/c1-14-6-2-4-8-18(14)17-12-16-11-10-15-7-3-5-9-19(15)20(16)13-17/h2-12H,13H2,1H3. The molecule has 0 atom stereocenters. The Morgan fingerprint density at radius 1 is 0.800 bits per heavy atom. The minimum absolute atomic E-state index is 1.04. The highest BCUT2D eigenvalue weighted by atomic mass is 14.2. The summed E-state index contributed by atoms with van der Waals surface area (Å²) < 4.78 is 0. The maximum Gasteiger partial charge on any atom is -0.000741 e. The van der Waals surface area contributed by atoms with Gasteiger partial charge in [0, 0.05) is 0 Å². The minimum atomic E-state index is 1.04. The summed E-state index contributed by atoms with van der Waals surface area (Å²) in [5.74, 6) is 0. The average molecular weight is 256 g/mol. The predicted octanol–water partition coefficient (Wildman–Crippen LogP) is 5.24. The van der Waals surface area contributed by atoms with E-state index >= 15 is 0 Å². The summed E-state index contributed by atoms with van der Waals surface area (Å²) in [4.78, 5) is 0. The van der Waals surface area contributed by atoms with Crippen LogP contribution >= 0.6 is 0 Å². The second-order valence-electron chi connectivity index (χ2n) is 5.52. The van der Waals surface area contributed by atoms with Gasteiger partial charge in [-0.25, -0.2) is 0 Å². The van der Waals surface area contributed by atoms with Gasteiger partial charge in [0.25, 0.3) is 0 Å². The topological polar surface area (TPSA) is 0 Å². The van der Waals surface area contributed by atoms with Gasteiger partial charge in [0.2, 0.25) is 0 Å². The number of aryl methyl sites for hydroxylation is 1. The summed E-state index contributed by atoms with van der Waals surface area (Å²) >= 11 is 0. The summed E-state index contributed by atoms with van der Waals surface area (Å²) in [7, 11) is 0. The van der Waals surface area contributed by atoms with Crippen LogP contribution in [-0.2, 0) is 6.42 Å². The van der Waals surface area contributed by atoms with Crippen molar-refractivity contribution < 1.29 is 0 Å². The lowest BCUT2D eigenvalue weighted by molar-refractivity contribution is 1.32. The lowest BCUT2D eigenvalue weighted by atomic mass is 9.97. The molecule has 0 saturated carbocycles. The molecule has 0 aliphatic heterocycles. The fourth-order valence-electron chi connectivity index (χ4n) is 3.22. The monoisotopic (exact) mass is 256 g/mol. The van der Waals surface area contributed by atoms with E-state index in [9.17, 15) is 0 Å². The van der Waals surface area contributed by atoms with Crippen molar-refractivity contribution in [3.05, 3.63) is 82.9 Å². The van der Waals surface area contributed by atoms with Crippen molar-refractivity contribution in [2.75, 3.05) is 0 Å². The first kappa shape index (κ1) is 11.5. The molecule has 0 fully saturated rings. The highest BCUT2D eigenvalue weighted by Gasteiger charge is 2.17. The Hall–Kier alpha value is -2.34. The SMILES string of the molecule is Cc1ccccc1C1=Cc2ccc3ccccc3c2C1. The van der Waals surface area contributed by atoms with E-state index in [0.29, 0.717) is 0 Å². The number of hydrogen-bond donors (Lipinski definition) is 0. The lowest BCUT2D eigenvalue weighted by Crippen LogP contribution is -1.90. The highest BCUT2D eigenvalue weighted by molar-refractivity contribution is 5.98. The molecule has 0 amide bonds. The molecule has 20 heavy (non-hydrogen) atoms. The first-order valence-electron chi connectivity index (χ1n) is 7.10. The van der Waals surface area contributed by atoms with Gasteiger partial charge < -0.3 is 0 Å². The van der Waals surface area contributed by atoms with Crippen LogP contribution in [0.2, 0.25) is 0 Å². The van der Waals surface area contributed by atoms with Crippen molar-refractivity contribution in [1.82, 2.24) is 0 Å². The van der Waals surface area contributed by atoms with Crippen LogP contribution < -0.4 is 0 Å². The zero-order valence-corrected chi connectivity index (χ0v) is 11.6. The van der Waals surface area contributed by atoms with Gasteiger partial charge in [0.05, 0.1) is 0 Å². The van der Waals surface area contributed by atoms with E-state index in [4.69, 9.17) is 0 Å².